The number of fused-ring (bicyclic) bond motifs is 3. The zero-order chi connectivity index (χ0) is 16.6. The number of hydrogen-bond acceptors (Lipinski definition) is 4. The second-order valence-corrected chi connectivity index (χ2v) is 6.32. The Morgan fingerprint density at radius 2 is 1.96 bits per heavy atom. The standard InChI is InChI=1S/C18H20N2O3/c1-18(2,3)23-17(21)16-13-8-7-12(22-11-19)10-15(13)20-9-5-4-6-14(16)20/h4-10H,11,19H2,1-3H3. The van der Waals surface area contributed by atoms with Crippen LogP contribution in [-0.2, 0) is 4.74 Å². The normalized spacial score (nSPS) is 11.8. The molecule has 0 bridgehead atoms. The van der Waals surface area contributed by atoms with Gasteiger partial charge in [-0.25, -0.2) is 4.79 Å². The first-order valence-corrected chi connectivity index (χ1v) is 7.50. The SMILES string of the molecule is CC(C)(C)OC(=O)c1c2ccc(OCN)cc2n2ccccc12. The van der Waals surface area contributed by atoms with E-state index in [0.717, 1.165) is 16.4 Å². The van der Waals surface area contributed by atoms with Crippen LogP contribution < -0.4 is 10.5 Å². The number of nitrogens with two attached hydrogens (primary N) is 1. The molecule has 0 amide bonds. The molecule has 0 atom stereocenters. The monoisotopic (exact) mass is 312 g/mol. The van der Waals surface area contributed by atoms with Gasteiger partial charge in [-0.1, -0.05) is 6.07 Å². The fourth-order valence-electron chi connectivity index (χ4n) is 2.65. The Bertz CT molecular complexity index is 875. The fraction of sp³-hybridized carbons (Fsp3) is 0.278. The number of pyridine rings is 1. The molecular weight excluding hydrogens is 292 g/mol. The maximum atomic E-state index is 12.7. The first kappa shape index (κ1) is 15.4. The van der Waals surface area contributed by atoms with Gasteiger partial charge in [0.1, 0.15) is 18.1 Å². The van der Waals surface area contributed by atoms with E-state index in [2.05, 4.69) is 0 Å². The lowest BCUT2D eigenvalue weighted by Crippen LogP contribution is -2.23. The summed E-state index contributed by atoms with van der Waals surface area (Å²) in [4.78, 5) is 12.7. The third kappa shape index (κ3) is 2.87. The molecule has 2 aromatic heterocycles. The van der Waals surface area contributed by atoms with Crippen LogP contribution in [0.5, 0.6) is 5.75 Å². The van der Waals surface area contributed by atoms with Gasteiger partial charge in [0, 0.05) is 17.6 Å². The van der Waals surface area contributed by atoms with E-state index in [4.69, 9.17) is 15.2 Å². The predicted molar refractivity (Wildman–Crippen MR) is 89.8 cm³/mol. The first-order chi connectivity index (χ1) is 10.9. The van der Waals surface area contributed by atoms with Gasteiger partial charge < -0.3 is 13.9 Å². The predicted octanol–water partition coefficient (Wildman–Crippen LogP) is 3.34. The van der Waals surface area contributed by atoms with Gasteiger partial charge in [-0.05, 0) is 45.0 Å². The molecule has 0 spiro atoms. The van der Waals surface area contributed by atoms with Crippen LogP contribution in [0.1, 0.15) is 31.1 Å². The number of carbonyl (C=O) groups excluding carboxylic acids is 1. The van der Waals surface area contributed by atoms with Crippen LogP contribution in [0, 0.1) is 0 Å². The molecule has 0 aliphatic heterocycles. The fourth-order valence-corrected chi connectivity index (χ4v) is 2.65. The van der Waals surface area contributed by atoms with Crippen molar-refractivity contribution in [2.75, 3.05) is 6.73 Å². The molecule has 2 N–H and O–H groups in total. The first-order valence-electron chi connectivity index (χ1n) is 7.50. The average Bonchev–Trinajstić information content (AvgIpc) is 2.80. The van der Waals surface area contributed by atoms with Gasteiger partial charge in [-0.2, -0.15) is 0 Å². The Morgan fingerprint density at radius 3 is 2.65 bits per heavy atom. The lowest BCUT2D eigenvalue weighted by atomic mass is 10.1. The van der Waals surface area contributed by atoms with Crippen molar-refractivity contribution in [2.45, 2.75) is 26.4 Å². The van der Waals surface area contributed by atoms with E-state index in [0.29, 0.717) is 11.3 Å². The summed E-state index contributed by atoms with van der Waals surface area (Å²) in [7, 11) is 0. The minimum atomic E-state index is -0.547. The van der Waals surface area contributed by atoms with Crippen molar-refractivity contribution in [1.82, 2.24) is 4.40 Å². The largest absolute Gasteiger partial charge is 0.479 e. The molecule has 23 heavy (non-hydrogen) atoms. The molecule has 3 rings (SSSR count). The topological polar surface area (TPSA) is 66.0 Å². The van der Waals surface area contributed by atoms with E-state index in [1.807, 2.05) is 67.8 Å². The Morgan fingerprint density at radius 1 is 1.17 bits per heavy atom. The number of aromatic nitrogens is 1. The number of rotatable bonds is 3. The molecule has 0 aliphatic carbocycles. The summed E-state index contributed by atoms with van der Waals surface area (Å²) in [5.74, 6) is 0.336. The van der Waals surface area contributed by atoms with Crippen molar-refractivity contribution in [2.24, 2.45) is 5.73 Å². The maximum Gasteiger partial charge on any atom is 0.341 e. The van der Waals surface area contributed by atoms with Crippen molar-refractivity contribution >= 4 is 22.4 Å². The molecule has 2 heterocycles. The van der Waals surface area contributed by atoms with E-state index >= 15 is 0 Å². The minimum absolute atomic E-state index is 0.105. The summed E-state index contributed by atoms with van der Waals surface area (Å²) in [6.07, 6.45) is 1.91. The van der Waals surface area contributed by atoms with Crippen LogP contribution in [0.3, 0.4) is 0 Å². The summed E-state index contributed by atoms with van der Waals surface area (Å²) in [5.41, 5.74) is 7.14. The molecule has 0 radical (unpaired) electrons. The summed E-state index contributed by atoms with van der Waals surface area (Å²) in [6.45, 7) is 5.68. The molecule has 5 heteroatoms. The lowest BCUT2D eigenvalue weighted by molar-refractivity contribution is 0.00740. The number of ether oxygens (including phenoxy) is 2. The lowest BCUT2D eigenvalue weighted by Gasteiger charge is -2.19. The number of hydrogen-bond donors (Lipinski definition) is 1. The highest BCUT2D eigenvalue weighted by Gasteiger charge is 2.24. The Labute approximate surface area is 134 Å². The molecule has 0 fully saturated rings. The molecule has 3 aromatic rings. The highest BCUT2D eigenvalue weighted by molar-refractivity contribution is 6.12. The number of benzene rings is 1. The van der Waals surface area contributed by atoms with Gasteiger partial charge in [0.25, 0.3) is 0 Å². The number of esters is 1. The average molecular weight is 312 g/mol. The molecule has 0 unspecified atom stereocenters. The minimum Gasteiger partial charge on any atom is -0.479 e. The molecule has 0 saturated carbocycles. The van der Waals surface area contributed by atoms with Crippen LogP contribution in [0.4, 0.5) is 0 Å². The van der Waals surface area contributed by atoms with Gasteiger partial charge in [0.05, 0.1) is 16.6 Å². The second kappa shape index (κ2) is 5.59. The number of nitrogens with zero attached hydrogens (tertiary/aromatic N) is 1. The number of carbonyl (C=O) groups is 1. The maximum absolute atomic E-state index is 12.7. The zero-order valence-corrected chi connectivity index (χ0v) is 13.5. The van der Waals surface area contributed by atoms with Crippen LogP contribution in [0.25, 0.3) is 16.4 Å². The highest BCUT2D eigenvalue weighted by Crippen LogP contribution is 2.31. The molecule has 1 aromatic carbocycles. The Balaban J connectivity index is 2.24. The smallest absolute Gasteiger partial charge is 0.341 e. The molecule has 0 aliphatic rings. The van der Waals surface area contributed by atoms with Crippen LogP contribution in [0.15, 0.2) is 42.6 Å². The van der Waals surface area contributed by atoms with Crippen molar-refractivity contribution in [3.63, 3.8) is 0 Å². The van der Waals surface area contributed by atoms with E-state index in [9.17, 15) is 4.79 Å². The van der Waals surface area contributed by atoms with E-state index in [1.165, 1.54) is 0 Å². The molecule has 5 nitrogen and oxygen atoms in total. The van der Waals surface area contributed by atoms with Gasteiger partial charge in [-0.3, -0.25) is 5.73 Å². The van der Waals surface area contributed by atoms with Gasteiger partial charge in [0.15, 0.2) is 0 Å². The molecule has 120 valence electrons. The van der Waals surface area contributed by atoms with E-state index in [-0.39, 0.29) is 12.7 Å². The van der Waals surface area contributed by atoms with Crippen LogP contribution in [0.2, 0.25) is 0 Å². The van der Waals surface area contributed by atoms with Crippen molar-refractivity contribution < 1.29 is 14.3 Å². The van der Waals surface area contributed by atoms with Crippen LogP contribution in [-0.4, -0.2) is 22.7 Å². The van der Waals surface area contributed by atoms with Gasteiger partial charge in [-0.15, -0.1) is 0 Å². The third-order valence-electron chi connectivity index (χ3n) is 3.47. The molecular formula is C18H20N2O3. The Hall–Kier alpha value is -2.53. The molecule has 0 saturated heterocycles. The summed E-state index contributed by atoms with van der Waals surface area (Å²) < 4.78 is 12.9. The van der Waals surface area contributed by atoms with Crippen molar-refractivity contribution in [3.05, 3.63) is 48.2 Å². The summed E-state index contributed by atoms with van der Waals surface area (Å²) >= 11 is 0. The van der Waals surface area contributed by atoms with Crippen LogP contribution >= 0.6 is 0 Å². The second-order valence-electron chi connectivity index (χ2n) is 6.32. The third-order valence-corrected chi connectivity index (χ3v) is 3.47. The highest BCUT2D eigenvalue weighted by atomic mass is 16.6. The zero-order valence-electron chi connectivity index (χ0n) is 13.5. The quantitative estimate of drug-likeness (QED) is 0.595. The van der Waals surface area contributed by atoms with Crippen molar-refractivity contribution in [1.29, 1.82) is 0 Å². The van der Waals surface area contributed by atoms with Crippen molar-refractivity contribution in [3.8, 4) is 5.75 Å². The summed E-state index contributed by atoms with van der Waals surface area (Å²) in [6, 6.07) is 11.3. The summed E-state index contributed by atoms with van der Waals surface area (Å²) in [5, 5.41) is 0.829. The van der Waals surface area contributed by atoms with E-state index in [1.54, 1.807) is 0 Å². The Kier molecular flexibility index (Phi) is 3.74. The van der Waals surface area contributed by atoms with Gasteiger partial charge >= 0.3 is 5.97 Å². The van der Waals surface area contributed by atoms with Gasteiger partial charge in [0.2, 0.25) is 0 Å². The van der Waals surface area contributed by atoms with E-state index < -0.39 is 5.60 Å².